The fraction of sp³-hybridized carbons (Fsp3) is 0.125. The molecule has 0 spiro atoms. The van der Waals surface area contributed by atoms with E-state index in [-0.39, 0.29) is 12.2 Å². The average molecular weight is 270 g/mol. The summed E-state index contributed by atoms with van der Waals surface area (Å²) in [6.07, 6.45) is 0.793. The van der Waals surface area contributed by atoms with Crippen molar-refractivity contribution in [3.8, 4) is 11.5 Å². The summed E-state index contributed by atoms with van der Waals surface area (Å²) in [5.74, 6) is 0.311. The summed E-state index contributed by atoms with van der Waals surface area (Å²) in [6.45, 7) is 0. The Morgan fingerprint density at radius 3 is 2.55 bits per heavy atom. The minimum absolute atomic E-state index is 0.149. The van der Waals surface area contributed by atoms with Crippen molar-refractivity contribution in [3.63, 3.8) is 0 Å². The molecule has 2 aromatic rings. The lowest BCUT2D eigenvalue weighted by atomic mass is 10.1. The van der Waals surface area contributed by atoms with Gasteiger partial charge in [0.15, 0.2) is 6.29 Å². The van der Waals surface area contributed by atoms with Crippen molar-refractivity contribution in [3.05, 3.63) is 59.7 Å². The van der Waals surface area contributed by atoms with Gasteiger partial charge in [0, 0.05) is 6.07 Å². The van der Waals surface area contributed by atoms with Crippen LogP contribution in [0, 0.1) is 0 Å². The van der Waals surface area contributed by atoms with Crippen molar-refractivity contribution < 1.29 is 19.1 Å². The molecule has 0 bridgehead atoms. The number of carbonyl (C=O) groups excluding carboxylic acids is 2. The largest absolute Gasteiger partial charge is 0.497 e. The van der Waals surface area contributed by atoms with E-state index in [0.29, 0.717) is 17.6 Å². The van der Waals surface area contributed by atoms with Gasteiger partial charge in [-0.25, -0.2) is 0 Å². The fourth-order valence-corrected chi connectivity index (χ4v) is 1.75. The van der Waals surface area contributed by atoms with Gasteiger partial charge in [0.05, 0.1) is 19.1 Å². The number of hydrogen-bond acceptors (Lipinski definition) is 4. The summed E-state index contributed by atoms with van der Waals surface area (Å²) in [7, 11) is 1.51. The van der Waals surface area contributed by atoms with Crippen LogP contribution in [-0.2, 0) is 11.2 Å². The van der Waals surface area contributed by atoms with Gasteiger partial charge in [-0.15, -0.1) is 0 Å². The van der Waals surface area contributed by atoms with E-state index in [9.17, 15) is 9.59 Å². The highest BCUT2D eigenvalue weighted by molar-refractivity contribution is 5.83. The van der Waals surface area contributed by atoms with Gasteiger partial charge in [0.25, 0.3) is 0 Å². The van der Waals surface area contributed by atoms with Crippen LogP contribution in [0.4, 0.5) is 0 Å². The molecule has 0 N–H and O–H groups in total. The van der Waals surface area contributed by atoms with Gasteiger partial charge in [-0.3, -0.25) is 9.59 Å². The van der Waals surface area contributed by atoms with Crippen LogP contribution in [-0.4, -0.2) is 19.4 Å². The van der Waals surface area contributed by atoms with E-state index in [1.807, 2.05) is 30.3 Å². The first kappa shape index (κ1) is 13.8. The number of benzene rings is 2. The lowest BCUT2D eigenvalue weighted by Crippen LogP contribution is -2.12. The maximum absolute atomic E-state index is 11.9. The van der Waals surface area contributed by atoms with Crippen LogP contribution in [0.2, 0.25) is 0 Å². The van der Waals surface area contributed by atoms with E-state index in [1.165, 1.54) is 13.2 Å². The molecule has 0 atom stereocenters. The smallest absolute Gasteiger partial charge is 0.315 e. The highest BCUT2D eigenvalue weighted by Crippen LogP contribution is 2.24. The average Bonchev–Trinajstić information content (AvgIpc) is 2.48. The van der Waals surface area contributed by atoms with Crippen LogP contribution in [0.1, 0.15) is 15.9 Å². The van der Waals surface area contributed by atoms with E-state index in [4.69, 9.17) is 9.47 Å². The minimum Gasteiger partial charge on any atom is -0.497 e. The Balaban J connectivity index is 2.12. The number of carbonyl (C=O) groups is 2. The number of rotatable bonds is 5. The van der Waals surface area contributed by atoms with E-state index >= 15 is 0 Å². The Labute approximate surface area is 116 Å². The molecule has 4 nitrogen and oxygen atoms in total. The predicted molar refractivity (Wildman–Crippen MR) is 74.2 cm³/mol. The van der Waals surface area contributed by atoms with Gasteiger partial charge < -0.3 is 9.47 Å². The van der Waals surface area contributed by atoms with Crippen LogP contribution in [0.15, 0.2) is 48.5 Å². The zero-order valence-electron chi connectivity index (χ0n) is 11.0. The summed E-state index contributed by atoms with van der Waals surface area (Å²) in [5, 5.41) is 0. The molecule has 2 aromatic carbocycles. The van der Waals surface area contributed by atoms with Gasteiger partial charge in [-0.1, -0.05) is 30.3 Å². The first-order valence-corrected chi connectivity index (χ1v) is 6.10. The highest BCUT2D eigenvalue weighted by atomic mass is 16.5. The molecule has 2 rings (SSSR count). The Kier molecular flexibility index (Phi) is 4.50. The quantitative estimate of drug-likeness (QED) is 0.476. The second-order valence-corrected chi connectivity index (χ2v) is 4.16. The third-order valence-electron chi connectivity index (χ3n) is 2.76. The van der Waals surface area contributed by atoms with Gasteiger partial charge in [-0.2, -0.15) is 0 Å². The fourth-order valence-electron chi connectivity index (χ4n) is 1.75. The number of ether oxygens (including phenoxy) is 2. The summed E-state index contributed by atoms with van der Waals surface area (Å²) >= 11 is 0. The van der Waals surface area contributed by atoms with E-state index < -0.39 is 5.97 Å². The molecule has 102 valence electrons. The first-order chi connectivity index (χ1) is 9.72. The van der Waals surface area contributed by atoms with Crippen LogP contribution in [0.3, 0.4) is 0 Å². The van der Waals surface area contributed by atoms with Crippen molar-refractivity contribution in [2.45, 2.75) is 6.42 Å². The summed E-state index contributed by atoms with van der Waals surface area (Å²) in [6, 6.07) is 14.0. The molecule has 0 aliphatic heterocycles. The van der Waals surface area contributed by atoms with Gasteiger partial charge >= 0.3 is 5.97 Å². The van der Waals surface area contributed by atoms with Crippen LogP contribution in [0.25, 0.3) is 0 Å². The zero-order chi connectivity index (χ0) is 14.4. The molecule has 0 radical (unpaired) electrons. The molecule has 0 aliphatic rings. The van der Waals surface area contributed by atoms with Crippen molar-refractivity contribution >= 4 is 12.3 Å². The Hall–Kier alpha value is -2.62. The SMILES string of the molecule is COc1ccc(C=O)c(OC(=O)Cc2ccccc2)c1. The minimum atomic E-state index is -0.424. The topological polar surface area (TPSA) is 52.6 Å². The third-order valence-corrected chi connectivity index (χ3v) is 2.76. The maximum atomic E-state index is 11.9. The molecule has 0 unspecified atom stereocenters. The molecule has 0 fully saturated rings. The number of esters is 1. The van der Waals surface area contributed by atoms with Gasteiger partial charge in [-0.05, 0) is 17.7 Å². The van der Waals surface area contributed by atoms with Crippen LogP contribution < -0.4 is 9.47 Å². The predicted octanol–water partition coefficient (Wildman–Crippen LogP) is 2.66. The molecule has 0 amide bonds. The van der Waals surface area contributed by atoms with Crippen LogP contribution >= 0.6 is 0 Å². The van der Waals surface area contributed by atoms with Crippen molar-refractivity contribution in [1.29, 1.82) is 0 Å². The van der Waals surface area contributed by atoms with E-state index in [1.54, 1.807) is 12.1 Å². The second kappa shape index (κ2) is 6.52. The monoisotopic (exact) mass is 270 g/mol. The third kappa shape index (κ3) is 3.45. The van der Waals surface area contributed by atoms with Gasteiger partial charge in [0.1, 0.15) is 11.5 Å². The summed E-state index contributed by atoms with van der Waals surface area (Å²) in [4.78, 5) is 22.8. The highest BCUT2D eigenvalue weighted by Gasteiger charge is 2.11. The van der Waals surface area contributed by atoms with Gasteiger partial charge in [0.2, 0.25) is 0 Å². The molecular weight excluding hydrogens is 256 g/mol. The molecule has 0 aliphatic carbocycles. The number of methoxy groups -OCH3 is 1. The molecular formula is C16H14O4. The molecule has 20 heavy (non-hydrogen) atoms. The standard InChI is InChI=1S/C16H14O4/c1-19-14-8-7-13(11-17)15(10-14)20-16(18)9-12-5-3-2-4-6-12/h2-8,10-11H,9H2,1H3. The maximum Gasteiger partial charge on any atom is 0.315 e. The molecule has 4 heteroatoms. The zero-order valence-corrected chi connectivity index (χ0v) is 11.0. The second-order valence-electron chi connectivity index (χ2n) is 4.16. The summed E-state index contributed by atoms with van der Waals surface area (Å²) in [5.41, 5.74) is 1.17. The van der Waals surface area contributed by atoms with Crippen molar-refractivity contribution in [1.82, 2.24) is 0 Å². The lowest BCUT2D eigenvalue weighted by molar-refractivity contribution is -0.133. The van der Waals surface area contributed by atoms with E-state index in [2.05, 4.69) is 0 Å². The van der Waals surface area contributed by atoms with Crippen molar-refractivity contribution in [2.75, 3.05) is 7.11 Å². The number of aldehydes is 1. The Bertz CT molecular complexity index is 605. The Morgan fingerprint density at radius 1 is 1.15 bits per heavy atom. The molecule has 0 aromatic heterocycles. The lowest BCUT2D eigenvalue weighted by Gasteiger charge is -2.08. The molecule has 0 saturated carbocycles. The van der Waals surface area contributed by atoms with Crippen LogP contribution in [0.5, 0.6) is 11.5 Å². The number of hydrogen-bond donors (Lipinski definition) is 0. The van der Waals surface area contributed by atoms with E-state index in [0.717, 1.165) is 5.56 Å². The first-order valence-electron chi connectivity index (χ1n) is 6.10. The molecule has 0 heterocycles. The summed E-state index contributed by atoms with van der Waals surface area (Å²) < 4.78 is 10.3. The normalized spacial score (nSPS) is 9.85. The molecule has 0 saturated heterocycles. The Morgan fingerprint density at radius 2 is 1.90 bits per heavy atom. The van der Waals surface area contributed by atoms with Crippen molar-refractivity contribution in [2.24, 2.45) is 0 Å².